The molecule has 0 spiro atoms. The lowest BCUT2D eigenvalue weighted by atomic mass is 9.63. The molecule has 0 atom stereocenters. The normalized spacial score (nSPS) is 19.4. The molecule has 1 aliphatic heterocycles. The second kappa shape index (κ2) is 8.52. The molecule has 1 aliphatic carbocycles. The van der Waals surface area contributed by atoms with E-state index in [4.69, 9.17) is 9.84 Å². The van der Waals surface area contributed by atoms with Crippen molar-refractivity contribution in [3.8, 4) is 5.75 Å². The van der Waals surface area contributed by atoms with E-state index in [0.717, 1.165) is 55.5 Å². The fraction of sp³-hybridized carbons (Fsp3) is 0.636. The number of likely N-dealkylation sites (tertiary alicyclic amines) is 1. The molecule has 0 radical (unpaired) electrons. The maximum absolute atomic E-state index is 13.5. The molecular formula is C22H32N2O4. The summed E-state index contributed by atoms with van der Waals surface area (Å²) in [6.45, 7) is 6.20. The van der Waals surface area contributed by atoms with Crippen LogP contribution >= 0.6 is 0 Å². The quantitative estimate of drug-likeness (QED) is 0.778. The van der Waals surface area contributed by atoms with Crippen LogP contribution in [-0.4, -0.2) is 66.1 Å². The number of aliphatic carboxylic acids is 1. The Labute approximate surface area is 167 Å². The molecule has 0 aromatic heterocycles. The van der Waals surface area contributed by atoms with Crippen molar-refractivity contribution >= 4 is 11.9 Å². The number of likely N-dealkylation sites (N-methyl/N-ethyl adjacent to an activating group) is 1. The van der Waals surface area contributed by atoms with Gasteiger partial charge >= 0.3 is 5.97 Å². The van der Waals surface area contributed by atoms with Crippen LogP contribution in [0, 0.1) is 6.92 Å². The van der Waals surface area contributed by atoms with Crippen LogP contribution in [0.15, 0.2) is 18.2 Å². The maximum Gasteiger partial charge on any atom is 0.317 e. The van der Waals surface area contributed by atoms with Crippen molar-refractivity contribution < 1.29 is 19.4 Å². The molecule has 0 bridgehead atoms. The molecule has 3 rings (SSSR count). The number of ether oxygens (including phenoxy) is 1. The van der Waals surface area contributed by atoms with Gasteiger partial charge in [-0.25, -0.2) is 0 Å². The fourth-order valence-corrected chi connectivity index (χ4v) is 4.68. The third-order valence-corrected chi connectivity index (χ3v) is 6.59. The summed E-state index contributed by atoms with van der Waals surface area (Å²) in [7, 11) is 1.67. The van der Waals surface area contributed by atoms with Gasteiger partial charge in [0.2, 0.25) is 5.91 Å². The van der Waals surface area contributed by atoms with Crippen LogP contribution in [0.3, 0.4) is 0 Å². The fourth-order valence-electron chi connectivity index (χ4n) is 4.68. The van der Waals surface area contributed by atoms with Gasteiger partial charge in [0.15, 0.2) is 0 Å². The average Bonchev–Trinajstić information content (AvgIpc) is 2.66. The Hall–Kier alpha value is -2.08. The summed E-state index contributed by atoms with van der Waals surface area (Å²) in [6, 6.07) is 6.39. The molecular weight excluding hydrogens is 356 g/mol. The van der Waals surface area contributed by atoms with Crippen molar-refractivity contribution in [2.75, 3.05) is 33.3 Å². The van der Waals surface area contributed by atoms with Crippen molar-refractivity contribution in [2.24, 2.45) is 0 Å². The minimum Gasteiger partial charge on any atom is -0.496 e. The predicted molar refractivity (Wildman–Crippen MR) is 108 cm³/mol. The number of hydrogen-bond donors (Lipinski definition) is 1. The van der Waals surface area contributed by atoms with E-state index < -0.39 is 11.4 Å². The van der Waals surface area contributed by atoms with Crippen molar-refractivity contribution in [1.29, 1.82) is 0 Å². The standard InChI is InChI=1S/C22H32N2O4/c1-4-23(15-20(25)26)18-8-12-24(13-9-18)21(27)22(10-5-11-22)17-7-6-16(2)19(14-17)28-3/h6-7,14,18H,4-5,8-13,15H2,1-3H3,(H,25,26). The molecule has 0 unspecified atom stereocenters. The predicted octanol–water partition coefficient (Wildman–Crippen LogP) is 2.82. The SMILES string of the molecule is CCN(CC(=O)O)C1CCN(C(=O)C2(c3ccc(C)c(OC)c3)CCC2)CC1. The number of aryl methyl sites for hydroxylation is 1. The summed E-state index contributed by atoms with van der Waals surface area (Å²) in [5.41, 5.74) is 1.72. The van der Waals surface area contributed by atoms with Crippen LogP contribution in [-0.2, 0) is 15.0 Å². The van der Waals surface area contributed by atoms with Crippen LogP contribution in [0.25, 0.3) is 0 Å². The van der Waals surface area contributed by atoms with Crippen molar-refractivity contribution in [3.05, 3.63) is 29.3 Å². The number of carbonyl (C=O) groups excluding carboxylic acids is 1. The van der Waals surface area contributed by atoms with Crippen LogP contribution in [0.1, 0.15) is 50.2 Å². The molecule has 1 saturated carbocycles. The number of benzene rings is 1. The topological polar surface area (TPSA) is 70.1 Å². The molecule has 6 heteroatoms. The number of rotatable bonds is 7. The van der Waals surface area contributed by atoms with Gasteiger partial charge < -0.3 is 14.7 Å². The number of carboxylic acids is 1. The molecule has 1 N–H and O–H groups in total. The van der Waals surface area contributed by atoms with Gasteiger partial charge in [-0.1, -0.05) is 25.5 Å². The van der Waals surface area contributed by atoms with E-state index in [1.165, 1.54) is 0 Å². The van der Waals surface area contributed by atoms with E-state index in [0.29, 0.717) is 13.1 Å². The molecule has 1 amide bonds. The Kier molecular flexibility index (Phi) is 6.28. The zero-order valence-electron chi connectivity index (χ0n) is 17.2. The second-order valence-corrected chi connectivity index (χ2v) is 8.10. The Bertz CT molecular complexity index is 721. The molecule has 2 fully saturated rings. The highest BCUT2D eigenvalue weighted by Gasteiger charge is 2.48. The number of carbonyl (C=O) groups is 2. The maximum atomic E-state index is 13.5. The number of nitrogens with zero attached hydrogens (tertiary/aromatic N) is 2. The third kappa shape index (κ3) is 3.88. The van der Waals surface area contributed by atoms with Gasteiger partial charge in [-0.2, -0.15) is 0 Å². The molecule has 1 aromatic carbocycles. The Morgan fingerprint density at radius 2 is 1.96 bits per heavy atom. The van der Waals surface area contributed by atoms with Gasteiger partial charge in [-0.15, -0.1) is 0 Å². The van der Waals surface area contributed by atoms with E-state index in [1.54, 1.807) is 7.11 Å². The smallest absolute Gasteiger partial charge is 0.317 e. The summed E-state index contributed by atoms with van der Waals surface area (Å²) in [5.74, 6) is 0.272. The van der Waals surface area contributed by atoms with E-state index in [-0.39, 0.29) is 18.5 Å². The van der Waals surface area contributed by atoms with Crippen LogP contribution < -0.4 is 4.74 Å². The van der Waals surface area contributed by atoms with Gasteiger partial charge in [0.25, 0.3) is 0 Å². The minimum atomic E-state index is -0.790. The largest absolute Gasteiger partial charge is 0.496 e. The average molecular weight is 389 g/mol. The van der Waals surface area contributed by atoms with Gasteiger partial charge in [0.05, 0.1) is 19.1 Å². The summed E-state index contributed by atoms with van der Waals surface area (Å²) in [5, 5.41) is 9.10. The minimum absolute atomic E-state index is 0.0716. The van der Waals surface area contributed by atoms with E-state index in [9.17, 15) is 9.59 Å². The number of methoxy groups -OCH3 is 1. The van der Waals surface area contributed by atoms with Gasteiger partial charge in [-0.05, 0) is 56.3 Å². The first-order chi connectivity index (χ1) is 13.4. The summed E-state index contributed by atoms with van der Waals surface area (Å²) < 4.78 is 5.48. The highest BCUT2D eigenvalue weighted by Crippen LogP contribution is 2.46. The molecule has 6 nitrogen and oxygen atoms in total. The van der Waals surface area contributed by atoms with E-state index in [1.807, 2.05) is 35.8 Å². The monoisotopic (exact) mass is 388 g/mol. The molecule has 28 heavy (non-hydrogen) atoms. The highest BCUT2D eigenvalue weighted by molar-refractivity contribution is 5.89. The van der Waals surface area contributed by atoms with E-state index >= 15 is 0 Å². The van der Waals surface area contributed by atoms with Gasteiger partial charge in [-0.3, -0.25) is 14.5 Å². The molecule has 1 saturated heterocycles. The second-order valence-electron chi connectivity index (χ2n) is 8.10. The Morgan fingerprint density at radius 3 is 2.46 bits per heavy atom. The molecule has 2 aliphatic rings. The molecule has 1 heterocycles. The number of amides is 1. The zero-order chi connectivity index (χ0) is 20.3. The first-order valence-electron chi connectivity index (χ1n) is 10.3. The van der Waals surface area contributed by atoms with Gasteiger partial charge in [0.1, 0.15) is 5.75 Å². The lowest BCUT2D eigenvalue weighted by Gasteiger charge is -2.46. The van der Waals surface area contributed by atoms with Crippen molar-refractivity contribution in [3.63, 3.8) is 0 Å². The van der Waals surface area contributed by atoms with Crippen molar-refractivity contribution in [1.82, 2.24) is 9.80 Å². The van der Waals surface area contributed by atoms with Gasteiger partial charge in [0, 0.05) is 19.1 Å². The highest BCUT2D eigenvalue weighted by atomic mass is 16.5. The molecule has 154 valence electrons. The Balaban J connectivity index is 1.70. The Morgan fingerprint density at radius 1 is 1.29 bits per heavy atom. The number of carboxylic acid groups (broad SMARTS) is 1. The molecule has 1 aromatic rings. The zero-order valence-corrected chi connectivity index (χ0v) is 17.2. The first kappa shape index (κ1) is 20.6. The lowest BCUT2D eigenvalue weighted by Crippen LogP contribution is -2.55. The number of piperidine rings is 1. The summed E-state index contributed by atoms with van der Waals surface area (Å²) in [6.07, 6.45) is 4.51. The number of hydrogen-bond acceptors (Lipinski definition) is 4. The van der Waals surface area contributed by atoms with Crippen molar-refractivity contribution in [2.45, 2.75) is 57.4 Å². The summed E-state index contributed by atoms with van der Waals surface area (Å²) >= 11 is 0. The van der Waals surface area contributed by atoms with Crippen LogP contribution in [0.2, 0.25) is 0 Å². The van der Waals surface area contributed by atoms with Crippen LogP contribution in [0.5, 0.6) is 5.75 Å². The first-order valence-corrected chi connectivity index (χ1v) is 10.3. The third-order valence-electron chi connectivity index (χ3n) is 6.59. The van der Waals surface area contributed by atoms with Crippen LogP contribution in [0.4, 0.5) is 0 Å². The van der Waals surface area contributed by atoms with E-state index in [2.05, 4.69) is 6.07 Å². The lowest BCUT2D eigenvalue weighted by molar-refractivity contribution is -0.144. The summed E-state index contributed by atoms with van der Waals surface area (Å²) in [4.78, 5) is 28.6.